The first-order valence-corrected chi connectivity index (χ1v) is 6.18. The average molecular weight is 220 g/mol. The zero-order valence-corrected chi connectivity index (χ0v) is 9.63. The van der Waals surface area contributed by atoms with Crippen LogP contribution in [0.2, 0.25) is 0 Å². The van der Waals surface area contributed by atoms with Crippen molar-refractivity contribution < 1.29 is 9.13 Å². The Balaban J connectivity index is 1.81. The molecule has 0 N–H and O–H groups in total. The summed E-state index contributed by atoms with van der Waals surface area (Å²) in [7, 11) is 0. The molecule has 0 aliphatic heterocycles. The predicted octanol–water partition coefficient (Wildman–Crippen LogP) is 3.63. The van der Waals surface area contributed by atoms with E-state index >= 15 is 0 Å². The van der Waals surface area contributed by atoms with Crippen LogP contribution in [0.3, 0.4) is 0 Å². The second-order valence-electron chi connectivity index (χ2n) is 5.13. The summed E-state index contributed by atoms with van der Waals surface area (Å²) in [4.78, 5) is 0. The fourth-order valence-corrected chi connectivity index (χ4v) is 2.01. The Morgan fingerprint density at radius 2 is 2.00 bits per heavy atom. The summed E-state index contributed by atoms with van der Waals surface area (Å²) in [6.07, 6.45) is 6.06. The van der Waals surface area contributed by atoms with Crippen LogP contribution in [-0.2, 0) is 6.42 Å². The van der Waals surface area contributed by atoms with Gasteiger partial charge in [0.25, 0.3) is 0 Å². The van der Waals surface area contributed by atoms with Crippen molar-refractivity contribution in [2.45, 2.75) is 45.1 Å². The molecule has 2 aliphatic carbocycles. The largest absolute Gasteiger partial charge is 0.487 e. The number of ether oxygens (including phenoxy) is 1. The van der Waals surface area contributed by atoms with Gasteiger partial charge >= 0.3 is 0 Å². The lowest BCUT2D eigenvalue weighted by atomic mass is 10.0. The van der Waals surface area contributed by atoms with Crippen LogP contribution in [0, 0.1) is 18.7 Å². The van der Waals surface area contributed by atoms with Crippen LogP contribution in [0.4, 0.5) is 4.39 Å². The molecule has 0 spiro atoms. The maximum absolute atomic E-state index is 14.0. The zero-order chi connectivity index (χ0) is 11.1. The zero-order valence-electron chi connectivity index (χ0n) is 9.63. The second kappa shape index (κ2) is 3.76. The summed E-state index contributed by atoms with van der Waals surface area (Å²) in [6, 6.07) is 3.84. The number of hydrogen-bond donors (Lipinski definition) is 0. The van der Waals surface area contributed by atoms with Crippen LogP contribution in [0.5, 0.6) is 5.75 Å². The van der Waals surface area contributed by atoms with Crippen molar-refractivity contribution in [3.05, 3.63) is 29.1 Å². The Morgan fingerprint density at radius 1 is 1.25 bits per heavy atom. The van der Waals surface area contributed by atoms with E-state index in [0.29, 0.717) is 5.75 Å². The summed E-state index contributed by atoms with van der Waals surface area (Å²) in [5.74, 6) is 1.10. The van der Waals surface area contributed by atoms with Crippen molar-refractivity contribution in [3.8, 4) is 5.75 Å². The van der Waals surface area contributed by atoms with Gasteiger partial charge in [-0.05, 0) is 62.1 Å². The van der Waals surface area contributed by atoms with Crippen molar-refractivity contribution in [1.82, 2.24) is 0 Å². The molecule has 0 atom stereocenters. The summed E-state index contributed by atoms with van der Waals surface area (Å²) in [5.41, 5.74) is 1.94. The van der Waals surface area contributed by atoms with Crippen LogP contribution in [-0.4, -0.2) is 6.10 Å². The molecular formula is C14H17FO. The molecule has 3 rings (SSSR count). The van der Waals surface area contributed by atoms with E-state index in [4.69, 9.17) is 4.74 Å². The average Bonchev–Trinajstić information content (AvgIpc) is 3.12. The molecule has 2 aliphatic rings. The molecule has 0 saturated heterocycles. The fraction of sp³-hybridized carbons (Fsp3) is 0.571. The summed E-state index contributed by atoms with van der Waals surface area (Å²) in [6.45, 7) is 1.87. The van der Waals surface area contributed by atoms with E-state index in [1.54, 1.807) is 6.07 Å². The van der Waals surface area contributed by atoms with Crippen molar-refractivity contribution in [3.63, 3.8) is 0 Å². The van der Waals surface area contributed by atoms with Gasteiger partial charge in [0.1, 0.15) is 0 Å². The van der Waals surface area contributed by atoms with E-state index in [2.05, 4.69) is 0 Å². The number of benzene rings is 1. The van der Waals surface area contributed by atoms with Gasteiger partial charge < -0.3 is 4.74 Å². The van der Waals surface area contributed by atoms with E-state index in [9.17, 15) is 4.39 Å². The van der Waals surface area contributed by atoms with Gasteiger partial charge in [0, 0.05) is 0 Å². The molecule has 1 nitrogen and oxygen atoms in total. The monoisotopic (exact) mass is 220 g/mol. The van der Waals surface area contributed by atoms with Crippen LogP contribution in [0.15, 0.2) is 12.1 Å². The highest BCUT2D eigenvalue weighted by molar-refractivity contribution is 5.37. The molecule has 16 heavy (non-hydrogen) atoms. The highest BCUT2D eigenvalue weighted by Gasteiger charge is 2.26. The lowest BCUT2D eigenvalue weighted by Crippen LogP contribution is -2.02. The molecule has 86 valence electrons. The Morgan fingerprint density at radius 3 is 2.62 bits per heavy atom. The molecule has 0 bridgehead atoms. The van der Waals surface area contributed by atoms with E-state index in [1.807, 2.05) is 13.0 Å². The van der Waals surface area contributed by atoms with Gasteiger partial charge in [-0.25, -0.2) is 4.39 Å². The molecule has 1 aromatic carbocycles. The van der Waals surface area contributed by atoms with Gasteiger partial charge in [-0.1, -0.05) is 6.07 Å². The van der Waals surface area contributed by atoms with E-state index < -0.39 is 0 Å². The van der Waals surface area contributed by atoms with E-state index in [-0.39, 0.29) is 11.9 Å². The first kappa shape index (κ1) is 10.1. The molecule has 1 aromatic rings. The first-order valence-electron chi connectivity index (χ1n) is 6.18. The van der Waals surface area contributed by atoms with E-state index in [0.717, 1.165) is 36.3 Å². The van der Waals surface area contributed by atoms with Gasteiger partial charge in [0.2, 0.25) is 0 Å². The highest BCUT2D eigenvalue weighted by Crippen LogP contribution is 2.36. The standard InChI is InChI=1S/C14H17FO/c1-9-11(8-10-2-3-10)4-7-13(14(9)15)16-12-5-6-12/h4,7,10,12H,2-3,5-6,8H2,1H3. The van der Waals surface area contributed by atoms with Crippen LogP contribution < -0.4 is 4.74 Å². The Bertz CT molecular complexity index is 366. The quantitative estimate of drug-likeness (QED) is 0.753. The smallest absolute Gasteiger partial charge is 0.168 e. The van der Waals surface area contributed by atoms with Crippen molar-refractivity contribution in [2.75, 3.05) is 0 Å². The third-order valence-electron chi connectivity index (χ3n) is 3.49. The molecular weight excluding hydrogens is 203 g/mol. The van der Waals surface area contributed by atoms with Crippen molar-refractivity contribution in [1.29, 1.82) is 0 Å². The molecule has 0 heterocycles. The van der Waals surface area contributed by atoms with Gasteiger partial charge in [0.15, 0.2) is 11.6 Å². The van der Waals surface area contributed by atoms with Crippen LogP contribution >= 0.6 is 0 Å². The maximum atomic E-state index is 14.0. The lowest BCUT2D eigenvalue weighted by Gasteiger charge is -2.11. The molecule has 0 radical (unpaired) electrons. The van der Waals surface area contributed by atoms with Crippen molar-refractivity contribution in [2.24, 2.45) is 5.92 Å². The Labute approximate surface area is 95.6 Å². The summed E-state index contributed by atoms with van der Waals surface area (Å²) in [5, 5.41) is 0. The summed E-state index contributed by atoms with van der Waals surface area (Å²) < 4.78 is 19.5. The van der Waals surface area contributed by atoms with Crippen LogP contribution in [0.25, 0.3) is 0 Å². The topological polar surface area (TPSA) is 9.23 Å². The third-order valence-corrected chi connectivity index (χ3v) is 3.49. The third kappa shape index (κ3) is 2.06. The fourth-order valence-electron chi connectivity index (χ4n) is 2.01. The molecule has 0 aromatic heterocycles. The minimum Gasteiger partial charge on any atom is -0.487 e. The molecule has 2 heteroatoms. The Hall–Kier alpha value is -1.05. The maximum Gasteiger partial charge on any atom is 0.168 e. The number of rotatable bonds is 4. The Kier molecular flexibility index (Phi) is 2.38. The molecule has 2 saturated carbocycles. The van der Waals surface area contributed by atoms with Gasteiger partial charge in [-0.2, -0.15) is 0 Å². The SMILES string of the molecule is Cc1c(CC2CC2)ccc(OC2CC2)c1F. The van der Waals surface area contributed by atoms with Gasteiger partial charge in [-0.3, -0.25) is 0 Å². The number of hydrogen-bond acceptors (Lipinski definition) is 1. The highest BCUT2D eigenvalue weighted by atomic mass is 19.1. The minimum atomic E-state index is -0.148. The van der Waals surface area contributed by atoms with E-state index in [1.165, 1.54) is 12.8 Å². The minimum absolute atomic E-state index is 0.148. The molecule has 0 amide bonds. The van der Waals surface area contributed by atoms with Gasteiger partial charge in [0.05, 0.1) is 6.10 Å². The van der Waals surface area contributed by atoms with Crippen LogP contribution in [0.1, 0.15) is 36.8 Å². The lowest BCUT2D eigenvalue weighted by molar-refractivity contribution is 0.286. The number of halogens is 1. The summed E-state index contributed by atoms with van der Waals surface area (Å²) >= 11 is 0. The van der Waals surface area contributed by atoms with Gasteiger partial charge in [-0.15, -0.1) is 0 Å². The van der Waals surface area contributed by atoms with Crippen molar-refractivity contribution >= 4 is 0 Å². The molecule has 0 unspecified atom stereocenters. The molecule has 2 fully saturated rings. The normalized spacial score (nSPS) is 19.9. The first-order chi connectivity index (χ1) is 7.74. The predicted molar refractivity (Wildman–Crippen MR) is 61.2 cm³/mol. The second-order valence-corrected chi connectivity index (χ2v) is 5.13.